The van der Waals surface area contributed by atoms with Gasteiger partial charge in [-0.1, -0.05) is 13.8 Å². The Morgan fingerprint density at radius 3 is 2.73 bits per heavy atom. The molecule has 0 spiro atoms. The summed E-state index contributed by atoms with van der Waals surface area (Å²) in [5.41, 5.74) is 5.98. The van der Waals surface area contributed by atoms with Gasteiger partial charge in [-0.05, 0) is 19.8 Å². The standard InChI is InChI=1S/C11H23N3S/c1-9(2)7-13-10(12)14-5-6-15-11(3,4)8-14/h9H,5-8H2,1-4H3,(H2,12,13). The lowest BCUT2D eigenvalue weighted by molar-refractivity contribution is 0.383. The van der Waals surface area contributed by atoms with Crippen molar-refractivity contribution in [2.75, 3.05) is 25.4 Å². The first-order valence-corrected chi connectivity index (χ1v) is 6.58. The molecule has 1 aliphatic rings. The fraction of sp³-hybridized carbons (Fsp3) is 0.909. The fourth-order valence-electron chi connectivity index (χ4n) is 1.59. The zero-order chi connectivity index (χ0) is 11.5. The summed E-state index contributed by atoms with van der Waals surface area (Å²) in [5, 5.41) is 0. The van der Waals surface area contributed by atoms with Crippen LogP contribution in [0.1, 0.15) is 27.7 Å². The van der Waals surface area contributed by atoms with Crippen LogP contribution in [-0.2, 0) is 0 Å². The molecule has 0 amide bonds. The maximum atomic E-state index is 5.98. The topological polar surface area (TPSA) is 41.6 Å². The van der Waals surface area contributed by atoms with Crippen molar-refractivity contribution in [2.45, 2.75) is 32.4 Å². The summed E-state index contributed by atoms with van der Waals surface area (Å²) < 4.78 is 0.302. The van der Waals surface area contributed by atoms with Gasteiger partial charge >= 0.3 is 0 Å². The number of hydrogen-bond donors (Lipinski definition) is 1. The molecule has 0 aromatic rings. The molecule has 1 aliphatic heterocycles. The zero-order valence-corrected chi connectivity index (χ0v) is 11.1. The van der Waals surface area contributed by atoms with Crippen LogP contribution in [0.3, 0.4) is 0 Å². The Morgan fingerprint density at radius 2 is 2.20 bits per heavy atom. The van der Waals surface area contributed by atoms with Crippen LogP contribution in [0.15, 0.2) is 4.99 Å². The van der Waals surface area contributed by atoms with Crippen LogP contribution < -0.4 is 5.73 Å². The van der Waals surface area contributed by atoms with Crippen LogP contribution in [0.25, 0.3) is 0 Å². The average molecular weight is 229 g/mol. The van der Waals surface area contributed by atoms with E-state index in [1.807, 2.05) is 11.8 Å². The number of aliphatic imine (C=N–C) groups is 1. The lowest BCUT2D eigenvalue weighted by Crippen LogP contribution is -2.49. The minimum Gasteiger partial charge on any atom is -0.370 e. The molecule has 3 nitrogen and oxygen atoms in total. The highest BCUT2D eigenvalue weighted by Crippen LogP contribution is 2.29. The molecule has 2 N–H and O–H groups in total. The second kappa shape index (κ2) is 5.10. The van der Waals surface area contributed by atoms with Crippen molar-refractivity contribution in [3.8, 4) is 0 Å². The molecule has 0 aromatic carbocycles. The van der Waals surface area contributed by atoms with E-state index in [4.69, 9.17) is 5.73 Å². The molecular formula is C11H23N3S. The Hall–Kier alpha value is -0.380. The van der Waals surface area contributed by atoms with E-state index >= 15 is 0 Å². The van der Waals surface area contributed by atoms with Gasteiger partial charge in [-0.2, -0.15) is 11.8 Å². The summed E-state index contributed by atoms with van der Waals surface area (Å²) in [6.45, 7) is 11.7. The van der Waals surface area contributed by atoms with Crippen LogP contribution in [0.2, 0.25) is 0 Å². The van der Waals surface area contributed by atoms with E-state index < -0.39 is 0 Å². The van der Waals surface area contributed by atoms with Gasteiger partial charge in [0.2, 0.25) is 0 Å². The molecule has 88 valence electrons. The SMILES string of the molecule is CC(C)CN=C(N)N1CCSC(C)(C)C1. The second-order valence-corrected chi connectivity index (χ2v) is 6.92. The quantitative estimate of drug-likeness (QED) is 0.580. The molecular weight excluding hydrogens is 206 g/mol. The molecule has 0 aliphatic carbocycles. The van der Waals surface area contributed by atoms with Crippen LogP contribution in [-0.4, -0.2) is 41.0 Å². The van der Waals surface area contributed by atoms with Gasteiger partial charge < -0.3 is 10.6 Å². The highest BCUT2D eigenvalue weighted by molar-refractivity contribution is 8.00. The van der Waals surface area contributed by atoms with Crippen molar-refractivity contribution in [2.24, 2.45) is 16.6 Å². The molecule has 0 bridgehead atoms. The highest BCUT2D eigenvalue weighted by Gasteiger charge is 2.27. The van der Waals surface area contributed by atoms with Gasteiger partial charge in [0.05, 0.1) is 0 Å². The number of guanidine groups is 1. The van der Waals surface area contributed by atoms with E-state index in [0.717, 1.165) is 31.3 Å². The van der Waals surface area contributed by atoms with Crippen molar-refractivity contribution >= 4 is 17.7 Å². The molecule has 0 aromatic heterocycles. The van der Waals surface area contributed by atoms with Gasteiger partial charge in [-0.25, -0.2) is 0 Å². The summed E-state index contributed by atoms with van der Waals surface area (Å²) >= 11 is 2.01. The van der Waals surface area contributed by atoms with E-state index in [1.54, 1.807) is 0 Å². The van der Waals surface area contributed by atoms with Crippen LogP contribution in [0.4, 0.5) is 0 Å². The van der Waals surface area contributed by atoms with Gasteiger partial charge in [0.1, 0.15) is 0 Å². The zero-order valence-electron chi connectivity index (χ0n) is 10.3. The van der Waals surface area contributed by atoms with Gasteiger partial charge in [0.25, 0.3) is 0 Å². The monoisotopic (exact) mass is 229 g/mol. The van der Waals surface area contributed by atoms with Crippen molar-refractivity contribution in [3.63, 3.8) is 0 Å². The molecule has 1 rings (SSSR count). The van der Waals surface area contributed by atoms with Crippen molar-refractivity contribution in [1.82, 2.24) is 4.90 Å². The van der Waals surface area contributed by atoms with Gasteiger partial charge in [-0.3, -0.25) is 4.99 Å². The predicted octanol–water partition coefficient (Wildman–Crippen LogP) is 1.78. The molecule has 0 unspecified atom stereocenters. The number of thioether (sulfide) groups is 1. The maximum Gasteiger partial charge on any atom is 0.191 e. The van der Waals surface area contributed by atoms with Crippen LogP contribution in [0, 0.1) is 5.92 Å². The van der Waals surface area contributed by atoms with Gasteiger partial charge in [0.15, 0.2) is 5.96 Å². The highest BCUT2D eigenvalue weighted by atomic mass is 32.2. The average Bonchev–Trinajstić information content (AvgIpc) is 2.12. The fourth-order valence-corrected chi connectivity index (χ4v) is 2.70. The number of nitrogens with zero attached hydrogens (tertiary/aromatic N) is 2. The van der Waals surface area contributed by atoms with Gasteiger partial charge in [0, 0.05) is 30.1 Å². The number of hydrogen-bond acceptors (Lipinski definition) is 2. The summed E-state index contributed by atoms with van der Waals surface area (Å²) in [4.78, 5) is 6.63. The number of rotatable bonds is 2. The first-order chi connectivity index (χ1) is 6.91. The largest absolute Gasteiger partial charge is 0.370 e. The minimum absolute atomic E-state index is 0.302. The van der Waals surface area contributed by atoms with Crippen molar-refractivity contribution in [1.29, 1.82) is 0 Å². The Kier molecular flexibility index (Phi) is 4.32. The lowest BCUT2D eigenvalue weighted by Gasteiger charge is -2.38. The molecule has 1 saturated heterocycles. The second-order valence-electron chi connectivity index (χ2n) is 5.12. The molecule has 15 heavy (non-hydrogen) atoms. The number of nitrogens with two attached hydrogens (primary N) is 1. The summed E-state index contributed by atoms with van der Waals surface area (Å²) in [7, 11) is 0. The van der Waals surface area contributed by atoms with E-state index in [9.17, 15) is 0 Å². The Balaban J connectivity index is 2.52. The minimum atomic E-state index is 0.302. The first-order valence-electron chi connectivity index (χ1n) is 5.59. The normalized spacial score (nSPS) is 22.2. The molecule has 0 atom stereocenters. The summed E-state index contributed by atoms with van der Waals surface area (Å²) in [5.74, 6) is 2.44. The van der Waals surface area contributed by atoms with Gasteiger partial charge in [-0.15, -0.1) is 0 Å². The molecule has 4 heteroatoms. The smallest absolute Gasteiger partial charge is 0.191 e. The van der Waals surface area contributed by atoms with Crippen molar-refractivity contribution in [3.05, 3.63) is 0 Å². The van der Waals surface area contributed by atoms with Crippen molar-refractivity contribution < 1.29 is 0 Å². The Labute approximate surface area is 97.5 Å². The van der Waals surface area contributed by atoms with E-state index in [0.29, 0.717) is 10.7 Å². The van der Waals surface area contributed by atoms with E-state index in [1.165, 1.54) is 0 Å². The molecule has 1 fully saturated rings. The predicted molar refractivity (Wildman–Crippen MR) is 69.4 cm³/mol. The van der Waals surface area contributed by atoms with Crippen LogP contribution in [0.5, 0.6) is 0 Å². The first kappa shape index (κ1) is 12.7. The third-order valence-electron chi connectivity index (χ3n) is 2.37. The molecule has 0 radical (unpaired) electrons. The summed E-state index contributed by atoms with van der Waals surface area (Å²) in [6, 6.07) is 0. The molecule has 0 saturated carbocycles. The third kappa shape index (κ3) is 4.33. The third-order valence-corrected chi connectivity index (χ3v) is 3.67. The Morgan fingerprint density at radius 1 is 1.53 bits per heavy atom. The molecule has 1 heterocycles. The van der Waals surface area contributed by atoms with Crippen LogP contribution >= 0.6 is 11.8 Å². The Bertz CT molecular complexity index is 236. The van der Waals surface area contributed by atoms with E-state index in [-0.39, 0.29) is 0 Å². The maximum absolute atomic E-state index is 5.98. The van der Waals surface area contributed by atoms with E-state index in [2.05, 4.69) is 37.6 Å². The summed E-state index contributed by atoms with van der Waals surface area (Å²) in [6.07, 6.45) is 0. The lowest BCUT2D eigenvalue weighted by atomic mass is 10.2.